The molecule has 0 atom stereocenters. The van der Waals surface area contributed by atoms with Crippen LogP contribution < -0.4 is 0 Å². The molecule has 1 aromatic carbocycles. The predicted octanol–water partition coefficient (Wildman–Crippen LogP) is 1.14. The van der Waals surface area contributed by atoms with E-state index in [1.807, 2.05) is 0 Å². The first kappa shape index (κ1) is 14.4. The molecule has 1 rings (SSSR count). The fourth-order valence-corrected chi connectivity index (χ4v) is 2.03. The van der Waals surface area contributed by atoms with Crippen LogP contribution in [-0.2, 0) is 19.4 Å². The summed E-state index contributed by atoms with van der Waals surface area (Å²) < 4.78 is 27.4. The van der Waals surface area contributed by atoms with Gasteiger partial charge in [0.2, 0.25) is 0 Å². The molecule has 0 amide bonds. The van der Waals surface area contributed by atoms with Gasteiger partial charge in [-0.3, -0.25) is 4.79 Å². The van der Waals surface area contributed by atoms with E-state index >= 15 is 0 Å². The maximum Gasteiger partial charge on any atom is 0.379 e. The van der Waals surface area contributed by atoms with Crippen molar-refractivity contribution in [2.45, 2.75) is 18.7 Å². The van der Waals surface area contributed by atoms with Crippen LogP contribution >= 0.6 is 0 Å². The van der Waals surface area contributed by atoms with Crippen molar-refractivity contribution in [2.75, 3.05) is 12.9 Å². The summed E-state index contributed by atoms with van der Waals surface area (Å²) in [6.07, 6.45) is 1.04. The minimum absolute atomic E-state index is 0.000693. The number of sulfone groups is 1. The van der Waals surface area contributed by atoms with Crippen LogP contribution in [0.3, 0.4) is 0 Å². The third kappa shape index (κ3) is 3.16. The summed E-state index contributed by atoms with van der Waals surface area (Å²) in [5.41, 5.74) is 0.580. The minimum atomic E-state index is -3.42. The second-order valence-electron chi connectivity index (χ2n) is 3.80. The molecule has 0 N–H and O–H groups in total. The number of ketones is 1. The Hall–Kier alpha value is -1.69. The van der Waals surface area contributed by atoms with Gasteiger partial charge < -0.3 is 4.74 Å². The van der Waals surface area contributed by atoms with Gasteiger partial charge in [-0.15, -0.1) is 0 Å². The molecule has 5 nitrogen and oxygen atoms in total. The van der Waals surface area contributed by atoms with E-state index in [1.165, 1.54) is 18.2 Å². The van der Waals surface area contributed by atoms with Gasteiger partial charge in [0.25, 0.3) is 5.78 Å². The molecule has 0 unspecified atom stereocenters. The van der Waals surface area contributed by atoms with Crippen LogP contribution in [0, 0.1) is 6.92 Å². The second kappa shape index (κ2) is 5.30. The second-order valence-corrected chi connectivity index (χ2v) is 5.81. The molecular weight excluding hydrogens is 256 g/mol. The summed E-state index contributed by atoms with van der Waals surface area (Å²) in [6.45, 7) is 3.30. The molecule has 0 aliphatic rings. The van der Waals surface area contributed by atoms with Crippen molar-refractivity contribution >= 4 is 21.6 Å². The van der Waals surface area contributed by atoms with Crippen molar-refractivity contribution in [3.05, 3.63) is 29.3 Å². The zero-order chi connectivity index (χ0) is 13.9. The standard InChI is InChI=1S/C12H14O5S/c1-4-17-12(14)11(13)10-7-9(18(3,15)16)6-5-8(10)2/h5-7H,4H2,1-3H3. The number of Topliss-reactive ketones (excluding diaryl/α,β-unsaturated/α-hetero) is 1. The Morgan fingerprint density at radius 1 is 1.28 bits per heavy atom. The van der Waals surface area contributed by atoms with E-state index in [2.05, 4.69) is 4.74 Å². The van der Waals surface area contributed by atoms with Crippen molar-refractivity contribution < 1.29 is 22.7 Å². The van der Waals surface area contributed by atoms with E-state index in [9.17, 15) is 18.0 Å². The van der Waals surface area contributed by atoms with Gasteiger partial charge in [0.15, 0.2) is 9.84 Å². The van der Waals surface area contributed by atoms with Crippen molar-refractivity contribution in [2.24, 2.45) is 0 Å². The maximum absolute atomic E-state index is 11.8. The first-order valence-electron chi connectivity index (χ1n) is 5.29. The minimum Gasteiger partial charge on any atom is -0.460 e. The predicted molar refractivity (Wildman–Crippen MR) is 65.3 cm³/mol. The van der Waals surface area contributed by atoms with Crippen LogP contribution in [0.5, 0.6) is 0 Å². The Morgan fingerprint density at radius 2 is 1.89 bits per heavy atom. The molecule has 0 saturated carbocycles. The third-order valence-corrected chi connectivity index (χ3v) is 3.45. The lowest BCUT2D eigenvalue weighted by Crippen LogP contribution is -2.19. The Balaban J connectivity index is 3.24. The number of carbonyl (C=O) groups is 2. The van der Waals surface area contributed by atoms with Crippen molar-refractivity contribution in [1.82, 2.24) is 0 Å². The average molecular weight is 270 g/mol. The molecule has 18 heavy (non-hydrogen) atoms. The van der Waals surface area contributed by atoms with Crippen LogP contribution in [0.25, 0.3) is 0 Å². The molecule has 6 heteroatoms. The van der Waals surface area contributed by atoms with Crippen LogP contribution in [0.2, 0.25) is 0 Å². The van der Waals surface area contributed by atoms with Gasteiger partial charge in [0, 0.05) is 11.8 Å². The SMILES string of the molecule is CCOC(=O)C(=O)c1cc(S(C)(=O)=O)ccc1C. The van der Waals surface area contributed by atoms with Crippen LogP contribution in [0.1, 0.15) is 22.8 Å². The molecule has 0 heterocycles. The lowest BCUT2D eigenvalue weighted by atomic mass is 10.1. The maximum atomic E-state index is 11.8. The van der Waals surface area contributed by atoms with Gasteiger partial charge in [-0.05, 0) is 31.5 Å². The Bertz CT molecular complexity index is 586. The Kier molecular flexibility index (Phi) is 4.24. The lowest BCUT2D eigenvalue weighted by molar-refractivity contribution is -0.137. The first-order chi connectivity index (χ1) is 8.27. The van der Waals surface area contributed by atoms with Gasteiger partial charge >= 0.3 is 5.97 Å². The highest BCUT2D eigenvalue weighted by molar-refractivity contribution is 7.90. The van der Waals surface area contributed by atoms with E-state index in [-0.39, 0.29) is 17.1 Å². The molecule has 0 spiro atoms. The molecule has 0 saturated heterocycles. The highest BCUT2D eigenvalue weighted by atomic mass is 32.2. The Labute approximate surface area is 106 Å². The van der Waals surface area contributed by atoms with Crippen LogP contribution in [0.4, 0.5) is 0 Å². The van der Waals surface area contributed by atoms with E-state index in [1.54, 1.807) is 13.8 Å². The van der Waals surface area contributed by atoms with E-state index in [0.29, 0.717) is 5.56 Å². The number of esters is 1. The number of rotatable bonds is 4. The van der Waals surface area contributed by atoms with E-state index < -0.39 is 21.6 Å². The quantitative estimate of drug-likeness (QED) is 0.466. The summed E-state index contributed by atoms with van der Waals surface area (Å²) in [5.74, 6) is -1.81. The molecule has 0 fully saturated rings. The molecule has 0 radical (unpaired) electrons. The van der Waals surface area contributed by atoms with E-state index in [4.69, 9.17) is 0 Å². The zero-order valence-corrected chi connectivity index (χ0v) is 11.2. The van der Waals surface area contributed by atoms with Crippen molar-refractivity contribution in [3.8, 4) is 0 Å². The van der Waals surface area contributed by atoms with Gasteiger partial charge in [-0.25, -0.2) is 13.2 Å². The summed E-state index contributed by atoms with van der Waals surface area (Å²) in [6, 6.07) is 4.08. The van der Waals surface area contributed by atoms with Gasteiger partial charge in [0.1, 0.15) is 0 Å². The number of benzene rings is 1. The summed E-state index contributed by atoms with van der Waals surface area (Å²) in [5, 5.41) is 0. The lowest BCUT2D eigenvalue weighted by Gasteiger charge is -2.06. The highest BCUT2D eigenvalue weighted by Crippen LogP contribution is 2.16. The fourth-order valence-electron chi connectivity index (χ4n) is 1.38. The largest absolute Gasteiger partial charge is 0.460 e. The molecule has 0 aromatic heterocycles. The van der Waals surface area contributed by atoms with Crippen molar-refractivity contribution in [1.29, 1.82) is 0 Å². The Morgan fingerprint density at radius 3 is 2.39 bits per heavy atom. The normalized spacial score (nSPS) is 11.1. The zero-order valence-electron chi connectivity index (χ0n) is 10.4. The summed E-state index contributed by atoms with van der Waals surface area (Å²) >= 11 is 0. The van der Waals surface area contributed by atoms with Gasteiger partial charge in [0.05, 0.1) is 11.5 Å². The summed E-state index contributed by atoms with van der Waals surface area (Å²) in [7, 11) is -3.42. The van der Waals surface area contributed by atoms with Gasteiger partial charge in [-0.1, -0.05) is 6.07 Å². The number of hydrogen-bond donors (Lipinski definition) is 0. The third-order valence-electron chi connectivity index (χ3n) is 2.34. The number of carbonyl (C=O) groups excluding carboxylic acids is 2. The topological polar surface area (TPSA) is 77.5 Å². The number of aryl methyl sites for hydroxylation is 1. The fraction of sp³-hybridized carbons (Fsp3) is 0.333. The van der Waals surface area contributed by atoms with Gasteiger partial charge in [-0.2, -0.15) is 0 Å². The van der Waals surface area contributed by atoms with E-state index in [0.717, 1.165) is 6.26 Å². The monoisotopic (exact) mass is 270 g/mol. The number of ether oxygens (including phenoxy) is 1. The van der Waals surface area contributed by atoms with Crippen LogP contribution in [-0.4, -0.2) is 33.0 Å². The van der Waals surface area contributed by atoms with Crippen LogP contribution in [0.15, 0.2) is 23.1 Å². The smallest absolute Gasteiger partial charge is 0.379 e. The van der Waals surface area contributed by atoms with Crippen molar-refractivity contribution in [3.63, 3.8) is 0 Å². The average Bonchev–Trinajstić information content (AvgIpc) is 2.27. The molecule has 1 aromatic rings. The summed E-state index contributed by atoms with van der Waals surface area (Å²) in [4.78, 5) is 23.1. The molecule has 0 bridgehead atoms. The molecular formula is C12H14O5S. The molecule has 98 valence electrons. The molecule has 0 aliphatic carbocycles. The molecule has 0 aliphatic heterocycles. The highest BCUT2D eigenvalue weighted by Gasteiger charge is 2.21. The number of hydrogen-bond acceptors (Lipinski definition) is 5. The first-order valence-corrected chi connectivity index (χ1v) is 7.18.